The molecule has 0 spiro atoms. The van der Waals surface area contributed by atoms with E-state index in [1.807, 2.05) is 62.6 Å². The van der Waals surface area contributed by atoms with Crippen molar-refractivity contribution in [2.45, 2.75) is 36.1 Å². The highest BCUT2D eigenvalue weighted by atomic mass is 32.2. The summed E-state index contributed by atoms with van der Waals surface area (Å²) in [5.74, 6) is -0.356. The van der Waals surface area contributed by atoms with E-state index in [1.54, 1.807) is 36.4 Å². The third kappa shape index (κ3) is 5.72. The van der Waals surface area contributed by atoms with E-state index in [2.05, 4.69) is 5.32 Å². The number of rotatable bonds is 9. The van der Waals surface area contributed by atoms with Crippen LogP contribution in [-0.2, 0) is 14.8 Å². The van der Waals surface area contributed by atoms with Crippen molar-refractivity contribution in [1.29, 1.82) is 0 Å². The van der Waals surface area contributed by atoms with Crippen molar-refractivity contribution >= 4 is 33.4 Å². The van der Waals surface area contributed by atoms with E-state index >= 15 is 0 Å². The minimum Gasteiger partial charge on any atom is -0.348 e. The second kappa shape index (κ2) is 10.7. The fraction of sp³-hybridized carbons (Fsp3) is 0.240. The number of thioether (sulfide) groups is 1. The number of anilines is 1. The van der Waals surface area contributed by atoms with Gasteiger partial charge >= 0.3 is 0 Å². The largest absolute Gasteiger partial charge is 0.348 e. The van der Waals surface area contributed by atoms with E-state index in [-0.39, 0.29) is 23.4 Å². The maximum atomic E-state index is 13.5. The van der Waals surface area contributed by atoms with Gasteiger partial charge < -0.3 is 5.32 Å². The number of amides is 1. The van der Waals surface area contributed by atoms with Crippen LogP contribution in [0.15, 0.2) is 88.7 Å². The maximum absolute atomic E-state index is 13.5. The number of nitrogens with one attached hydrogen (secondary N) is 1. The van der Waals surface area contributed by atoms with Crippen LogP contribution in [0.4, 0.5) is 5.69 Å². The zero-order valence-corrected chi connectivity index (χ0v) is 20.1. The molecule has 3 rings (SSSR count). The lowest BCUT2D eigenvalue weighted by atomic mass is 10.0. The standard InChI is InChI=1S/C25H28N2O3S2/c1-4-24(20-8-6-5-7-9-20)26-25(28)18-27(21-12-10-19(2)11-13-21)32(29,30)23-16-14-22(31-3)15-17-23/h5-17,24H,4,18H2,1-3H3,(H,26,28)/t24-/m0/s1. The molecule has 3 aromatic carbocycles. The van der Waals surface area contributed by atoms with Gasteiger partial charge in [-0.1, -0.05) is 55.0 Å². The second-order valence-electron chi connectivity index (χ2n) is 7.46. The van der Waals surface area contributed by atoms with Crippen molar-refractivity contribution in [2.24, 2.45) is 0 Å². The summed E-state index contributed by atoms with van der Waals surface area (Å²) in [4.78, 5) is 14.1. The van der Waals surface area contributed by atoms with Gasteiger partial charge in [0, 0.05) is 4.90 Å². The molecular formula is C25H28N2O3S2. The summed E-state index contributed by atoms with van der Waals surface area (Å²) in [5, 5.41) is 2.99. The number of aryl methyl sites for hydroxylation is 1. The average molecular weight is 469 g/mol. The first-order chi connectivity index (χ1) is 15.3. The quantitative estimate of drug-likeness (QED) is 0.440. The molecule has 0 aromatic heterocycles. The van der Waals surface area contributed by atoms with Gasteiger partial charge in [-0.05, 0) is 61.6 Å². The van der Waals surface area contributed by atoms with E-state index in [0.29, 0.717) is 12.1 Å². The molecule has 0 heterocycles. The van der Waals surface area contributed by atoms with E-state index in [9.17, 15) is 13.2 Å². The first-order valence-corrected chi connectivity index (χ1v) is 13.1. The van der Waals surface area contributed by atoms with Crippen molar-refractivity contribution in [2.75, 3.05) is 17.1 Å². The van der Waals surface area contributed by atoms with Crippen LogP contribution >= 0.6 is 11.8 Å². The van der Waals surface area contributed by atoms with Crippen LogP contribution in [-0.4, -0.2) is 27.1 Å². The van der Waals surface area contributed by atoms with Crippen molar-refractivity contribution in [3.05, 3.63) is 90.0 Å². The highest BCUT2D eigenvalue weighted by Crippen LogP contribution is 2.26. The summed E-state index contributed by atoms with van der Waals surface area (Å²) in [6.45, 7) is 3.61. The molecule has 32 heavy (non-hydrogen) atoms. The van der Waals surface area contributed by atoms with Crippen molar-refractivity contribution in [3.8, 4) is 0 Å². The summed E-state index contributed by atoms with van der Waals surface area (Å²) < 4.78 is 28.2. The van der Waals surface area contributed by atoms with Gasteiger partial charge in [-0.25, -0.2) is 8.42 Å². The fourth-order valence-electron chi connectivity index (χ4n) is 3.38. The maximum Gasteiger partial charge on any atom is 0.264 e. The number of nitrogens with zero attached hydrogens (tertiary/aromatic N) is 1. The molecular weight excluding hydrogens is 440 g/mol. The molecule has 5 nitrogen and oxygen atoms in total. The minimum atomic E-state index is -3.93. The van der Waals surface area contributed by atoms with E-state index in [1.165, 1.54) is 16.1 Å². The normalized spacial score (nSPS) is 12.2. The Bertz CT molecular complexity index is 1130. The van der Waals surface area contributed by atoms with Gasteiger partial charge in [0.25, 0.3) is 10.0 Å². The van der Waals surface area contributed by atoms with Crippen molar-refractivity contribution < 1.29 is 13.2 Å². The molecule has 0 aliphatic carbocycles. The van der Waals surface area contributed by atoms with Gasteiger partial charge in [0.1, 0.15) is 6.54 Å². The number of hydrogen-bond donors (Lipinski definition) is 1. The molecule has 1 atom stereocenters. The Balaban J connectivity index is 1.90. The zero-order chi connectivity index (χ0) is 23.1. The highest BCUT2D eigenvalue weighted by Gasteiger charge is 2.28. The Morgan fingerprint density at radius 3 is 2.16 bits per heavy atom. The van der Waals surface area contributed by atoms with E-state index < -0.39 is 10.0 Å². The molecule has 0 unspecified atom stereocenters. The Kier molecular flexibility index (Phi) is 7.99. The van der Waals surface area contributed by atoms with Crippen molar-refractivity contribution in [1.82, 2.24) is 5.32 Å². The topological polar surface area (TPSA) is 66.5 Å². The number of sulfonamides is 1. The first-order valence-electron chi connectivity index (χ1n) is 10.4. The fourth-order valence-corrected chi connectivity index (χ4v) is 5.21. The van der Waals surface area contributed by atoms with E-state index in [4.69, 9.17) is 0 Å². The van der Waals surface area contributed by atoms with Gasteiger partial charge in [0.2, 0.25) is 5.91 Å². The summed E-state index contributed by atoms with van der Waals surface area (Å²) in [5.41, 5.74) is 2.45. The Hall–Kier alpha value is -2.77. The van der Waals surface area contributed by atoms with Crippen LogP contribution in [0.3, 0.4) is 0 Å². The second-order valence-corrected chi connectivity index (χ2v) is 10.2. The third-order valence-electron chi connectivity index (χ3n) is 5.20. The molecule has 0 fully saturated rings. The lowest BCUT2D eigenvalue weighted by molar-refractivity contribution is -0.120. The monoisotopic (exact) mass is 468 g/mol. The van der Waals surface area contributed by atoms with Gasteiger partial charge in [-0.2, -0.15) is 0 Å². The lowest BCUT2D eigenvalue weighted by Crippen LogP contribution is -2.42. The predicted molar refractivity (Wildman–Crippen MR) is 132 cm³/mol. The molecule has 7 heteroatoms. The van der Waals surface area contributed by atoms with Crippen molar-refractivity contribution in [3.63, 3.8) is 0 Å². The Morgan fingerprint density at radius 2 is 1.59 bits per heavy atom. The van der Waals surface area contributed by atoms with Crippen LogP contribution < -0.4 is 9.62 Å². The molecule has 0 radical (unpaired) electrons. The number of hydrogen-bond acceptors (Lipinski definition) is 4. The number of benzene rings is 3. The average Bonchev–Trinajstić information content (AvgIpc) is 2.82. The molecule has 0 aliphatic heterocycles. The molecule has 1 amide bonds. The molecule has 168 valence electrons. The summed E-state index contributed by atoms with van der Waals surface area (Å²) in [6, 6.07) is 23.3. The number of carbonyl (C=O) groups is 1. The van der Waals surface area contributed by atoms with Gasteiger partial charge in [-0.15, -0.1) is 11.8 Å². The molecule has 0 saturated carbocycles. The zero-order valence-electron chi connectivity index (χ0n) is 18.5. The molecule has 1 N–H and O–H groups in total. The van der Waals surface area contributed by atoms with Crippen LogP contribution in [0, 0.1) is 6.92 Å². The predicted octanol–water partition coefficient (Wildman–Crippen LogP) is 5.18. The number of carbonyl (C=O) groups excluding carboxylic acids is 1. The Labute approximate surface area is 194 Å². The molecule has 0 bridgehead atoms. The van der Waals surface area contributed by atoms with E-state index in [0.717, 1.165) is 16.0 Å². The van der Waals surface area contributed by atoms with Crippen LogP contribution in [0.25, 0.3) is 0 Å². The van der Waals surface area contributed by atoms with Gasteiger partial charge in [0.15, 0.2) is 0 Å². The summed E-state index contributed by atoms with van der Waals surface area (Å²) in [6.07, 6.45) is 2.63. The minimum absolute atomic E-state index is 0.152. The molecule has 0 aliphatic rings. The van der Waals surface area contributed by atoms with Crippen LogP contribution in [0.5, 0.6) is 0 Å². The molecule has 0 saturated heterocycles. The van der Waals surface area contributed by atoms with Crippen LogP contribution in [0.2, 0.25) is 0 Å². The lowest BCUT2D eigenvalue weighted by Gasteiger charge is -2.26. The highest BCUT2D eigenvalue weighted by molar-refractivity contribution is 7.98. The van der Waals surface area contributed by atoms with Gasteiger partial charge in [-0.3, -0.25) is 9.10 Å². The summed E-state index contributed by atoms with van der Waals surface area (Å²) in [7, 11) is -3.93. The third-order valence-corrected chi connectivity index (χ3v) is 7.73. The Morgan fingerprint density at radius 1 is 0.969 bits per heavy atom. The smallest absolute Gasteiger partial charge is 0.264 e. The first kappa shape index (κ1) is 23.9. The summed E-state index contributed by atoms with van der Waals surface area (Å²) >= 11 is 1.54. The van der Waals surface area contributed by atoms with Gasteiger partial charge in [0.05, 0.1) is 16.6 Å². The molecule has 3 aromatic rings. The SMILES string of the molecule is CC[C@H](NC(=O)CN(c1ccc(C)cc1)S(=O)(=O)c1ccc(SC)cc1)c1ccccc1. The van der Waals surface area contributed by atoms with Crippen LogP contribution in [0.1, 0.15) is 30.5 Å².